The number of carbonyl (C=O) groups is 1. The number of rotatable bonds is 1. The van der Waals surface area contributed by atoms with Crippen LogP contribution in [0.5, 0.6) is 0 Å². The standard InChI is InChI=1S/C20H30O4/c1-18(11-21)8-4-9-19(2)13(18)7-10-20(3)14(19)6-5-12-15(20)17(23)24-16(12)22/h13-14,17,21,23H,4-11H2,1-3H3. The van der Waals surface area contributed by atoms with Gasteiger partial charge in [-0.2, -0.15) is 0 Å². The van der Waals surface area contributed by atoms with Crippen LogP contribution in [0.15, 0.2) is 11.1 Å². The highest BCUT2D eigenvalue weighted by atomic mass is 16.6. The highest BCUT2D eigenvalue weighted by Gasteiger charge is 2.63. The minimum Gasteiger partial charge on any atom is -0.428 e. The molecule has 3 aliphatic carbocycles. The lowest BCUT2D eigenvalue weighted by Gasteiger charge is -2.64. The third-order valence-electron chi connectivity index (χ3n) is 8.31. The molecule has 0 aromatic carbocycles. The van der Waals surface area contributed by atoms with Crippen molar-refractivity contribution in [1.82, 2.24) is 0 Å². The Labute approximate surface area is 144 Å². The number of ether oxygens (including phenoxy) is 1. The van der Waals surface area contributed by atoms with Crippen LogP contribution in [-0.2, 0) is 9.53 Å². The summed E-state index contributed by atoms with van der Waals surface area (Å²) in [7, 11) is 0. The van der Waals surface area contributed by atoms with Gasteiger partial charge in [-0.15, -0.1) is 0 Å². The highest BCUT2D eigenvalue weighted by molar-refractivity contribution is 5.92. The van der Waals surface area contributed by atoms with Gasteiger partial charge < -0.3 is 14.9 Å². The van der Waals surface area contributed by atoms with Crippen molar-refractivity contribution in [3.63, 3.8) is 0 Å². The molecular formula is C20H30O4. The summed E-state index contributed by atoms with van der Waals surface area (Å²) in [6.45, 7) is 7.16. The van der Waals surface area contributed by atoms with E-state index in [9.17, 15) is 15.0 Å². The maximum atomic E-state index is 12.1. The van der Waals surface area contributed by atoms with Crippen molar-refractivity contribution in [2.24, 2.45) is 28.1 Å². The van der Waals surface area contributed by atoms with E-state index in [4.69, 9.17) is 4.74 Å². The first-order valence-electron chi connectivity index (χ1n) is 9.50. The van der Waals surface area contributed by atoms with Crippen LogP contribution in [0.2, 0.25) is 0 Å². The molecule has 0 bridgehead atoms. The van der Waals surface area contributed by atoms with E-state index >= 15 is 0 Å². The summed E-state index contributed by atoms with van der Waals surface area (Å²) in [5.74, 6) is 0.644. The second-order valence-corrected chi connectivity index (χ2v) is 9.42. The van der Waals surface area contributed by atoms with Crippen molar-refractivity contribution in [3.8, 4) is 0 Å². The lowest BCUT2D eigenvalue weighted by molar-refractivity contribution is -0.158. The molecular weight excluding hydrogens is 304 g/mol. The average molecular weight is 334 g/mol. The Bertz CT molecular complexity index is 611. The molecule has 1 heterocycles. The zero-order chi connectivity index (χ0) is 17.3. The van der Waals surface area contributed by atoms with E-state index < -0.39 is 6.29 Å². The number of aliphatic hydroxyl groups is 2. The molecule has 0 amide bonds. The van der Waals surface area contributed by atoms with Crippen LogP contribution in [0.25, 0.3) is 0 Å². The van der Waals surface area contributed by atoms with E-state index in [1.54, 1.807) is 0 Å². The molecule has 0 aromatic heterocycles. The van der Waals surface area contributed by atoms with Crippen LogP contribution in [-0.4, -0.2) is 29.1 Å². The van der Waals surface area contributed by atoms with E-state index in [1.165, 1.54) is 6.42 Å². The maximum Gasteiger partial charge on any atom is 0.336 e. The van der Waals surface area contributed by atoms with E-state index in [-0.39, 0.29) is 28.8 Å². The zero-order valence-electron chi connectivity index (χ0n) is 15.1. The molecule has 24 heavy (non-hydrogen) atoms. The predicted octanol–water partition coefficient (Wildman–Crippen LogP) is 3.17. The summed E-state index contributed by atoms with van der Waals surface area (Å²) < 4.78 is 5.16. The van der Waals surface area contributed by atoms with E-state index in [2.05, 4.69) is 20.8 Å². The lowest BCUT2D eigenvalue weighted by Crippen LogP contribution is -2.58. The van der Waals surface area contributed by atoms with Crippen LogP contribution in [0, 0.1) is 28.1 Å². The molecule has 4 rings (SSSR count). The van der Waals surface area contributed by atoms with Gasteiger partial charge in [-0.25, -0.2) is 4.79 Å². The molecule has 4 nitrogen and oxygen atoms in total. The zero-order valence-corrected chi connectivity index (χ0v) is 15.1. The second-order valence-electron chi connectivity index (χ2n) is 9.42. The molecule has 1 aliphatic heterocycles. The Balaban J connectivity index is 1.78. The van der Waals surface area contributed by atoms with Crippen molar-refractivity contribution in [2.45, 2.75) is 72.0 Å². The van der Waals surface area contributed by atoms with E-state index in [0.717, 1.165) is 49.7 Å². The van der Waals surface area contributed by atoms with Gasteiger partial charge in [-0.3, -0.25) is 0 Å². The molecule has 6 atom stereocenters. The van der Waals surface area contributed by atoms with Gasteiger partial charge >= 0.3 is 5.97 Å². The fraction of sp³-hybridized carbons (Fsp3) is 0.850. The van der Waals surface area contributed by atoms with Gasteiger partial charge in [-0.05, 0) is 66.6 Å². The van der Waals surface area contributed by atoms with Gasteiger partial charge in [0.25, 0.3) is 0 Å². The fourth-order valence-electron chi connectivity index (χ4n) is 7.26. The number of cyclic esters (lactones) is 1. The number of carbonyl (C=O) groups excluding carboxylic acids is 1. The smallest absolute Gasteiger partial charge is 0.336 e. The first-order chi connectivity index (χ1) is 11.3. The molecule has 2 N–H and O–H groups in total. The van der Waals surface area contributed by atoms with Gasteiger partial charge in [0.2, 0.25) is 6.29 Å². The molecule has 0 spiro atoms. The van der Waals surface area contributed by atoms with Gasteiger partial charge in [-0.1, -0.05) is 27.2 Å². The summed E-state index contributed by atoms with van der Waals surface area (Å²) in [6.07, 6.45) is 6.13. The molecule has 0 saturated heterocycles. The van der Waals surface area contributed by atoms with Crippen LogP contribution < -0.4 is 0 Å². The molecule has 6 unspecified atom stereocenters. The molecule has 0 aromatic rings. The van der Waals surface area contributed by atoms with Crippen LogP contribution in [0.4, 0.5) is 0 Å². The van der Waals surface area contributed by atoms with Crippen molar-refractivity contribution < 1.29 is 19.7 Å². The van der Waals surface area contributed by atoms with E-state index in [0.29, 0.717) is 11.8 Å². The SMILES string of the molecule is CC1(CO)CCCC2(C)C1CCC1(C)C3=C(CCC12)C(=O)OC3O. The maximum absolute atomic E-state index is 12.1. The third kappa shape index (κ3) is 1.90. The Morgan fingerprint density at radius 3 is 2.58 bits per heavy atom. The topological polar surface area (TPSA) is 66.8 Å². The number of hydrogen-bond acceptors (Lipinski definition) is 4. The molecule has 2 saturated carbocycles. The average Bonchev–Trinajstić information content (AvgIpc) is 2.82. The first-order valence-corrected chi connectivity index (χ1v) is 9.50. The quantitative estimate of drug-likeness (QED) is 0.723. The van der Waals surface area contributed by atoms with Gasteiger partial charge in [0.05, 0.1) is 0 Å². The van der Waals surface area contributed by atoms with Gasteiger partial charge in [0, 0.05) is 17.8 Å². The lowest BCUT2D eigenvalue weighted by atomic mass is 9.40. The third-order valence-corrected chi connectivity index (χ3v) is 8.31. The monoisotopic (exact) mass is 334 g/mol. The summed E-state index contributed by atoms with van der Waals surface area (Å²) in [6, 6.07) is 0. The molecule has 2 fully saturated rings. The Morgan fingerprint density at radius 1 is 1.12 bits per heavy atom. The van der Waals surface area contributed by atoms with Crippen molar-refractivity contribution in [1.29, 1.82) is 0 Å². The van der Waals surface area contributed by atoms with Crippen LogP contribution in [0.3, 0.4) is 0 Å². The summed E-state index contributed by atoms with van der Waals surface area (Å²) in [5, 5.41) is 20.5. The minimum absolute atomic E-state index is 0.00357. The van der Waals surface area contributed by atoms with Crippen molar-refractivity contribution in [2.75, 3.05) is 6.61 Å². The normalized spacial score (nSPS) is 50.9. The first kappa shape index (κ1) is 16.6. The van der Waals surface area contributed by atoms with Crippen LogP contribution >= 0.6 is 0 Å². The van der Waals surface area contributed by atoms with Gasteiger partial charge in [0.15, 0.2) is 0 Å². The Kier molecular flexibility index (Phi) is 3.51. The number of hydrogen-bond donors (Lipinski definition) is 2. The van der Waals surface area contributed by atoms with E-state index in [1.807, 2.05) is 0 Å². The van der Waals surface area contributed by atoms with Crippen LogP contribution in [0.1, 0.15) is 65.7 Å². The Morgan fingerprint density at radius 2 is 1.88 bits per heavy atom. The summed E-state index contributed by atoms with van der Waals surface area (Å²) in [5.41, 5.74) is 1.62. The predicted molar refractivity (Wildman–Crippen MR) is 89.8 cm³/mol. The van der Waals surface area contributed by atoms with Crippen molar-refractivity contribution >= 4 is 5.97 Å². The van der Waals surface area contributed by atoms with Crippen molar-refractivity contribution in [3.05, 3.63) is 11.1 Å². The summed E-state index contributed by atoms with van der Waals surface area (Å²) >= 11 is 0. The number of esters is 1. The van der Waals surface area contributed by atoms with Gasteiger partial charge in [0.1, 0.15) is 0 Å². The molecule has 4 aliphatic rings. The summed E-state index contributed by atoms with van der Waals surface area (Å²) in [4.78, 5) is 12.1. The number of aliphatic hydroxyl groups excluding tert-OH is 2. The number of fused-ring (bicyclic) bond motifs is 4. The minimum atomic E-state index is -1.05. The largest absolute Gasteiger partial charge is 0.428 e. The highest BCUT2D eigenvalue weighted by Crippen LogP contribution is 2.69. The Hall–Kier alpha value is -0.870. The second kappa shape index (κ2) is 5.07. The molecule has 134 valence electrons. The fourth-order valence-corrected chi connectivity index (χ4v) is 7.26. The molecule has 0 radical (unpaired) electrons. The molecule has 4 heteroatoms.